The zero-order valence-electron chi connectivity index (χ0n) is 10.7. The van der Waals surface area contributed by atoms with E-state index in [9.17, 15) is 0 Å². The van der Waals surface area contributed by atoms with Crippen molar-refractivity contribution in [2.45, 2.75) is 26.4 Å². The average Bonchev–Trinajstić information content (AvgIpc) is 2.89. The fourth-order valence-electron chi connectivity index (χ4n) is 2.13. The molecular formula is C13H20N4. The van der Waals surface area contributed by atoms with E-state index >= 15 is 0 Å². The van der Waals surface area contributed by atoms with Crippen LogP contribution in [0, 0.1) is 0 Å². The van der Waals surface area contributed by atoms with Crippen LogP contribution in [0.2, 0.25) is 0 Å². The van der Waals surface area contributed by atoms with Crippen molar-refractivity contribution in [3.05, 3.63) is 42.0 Å². The van der Waals surface area contributed by atoms with Crippen molar-refractivity contribution in [2.75, 3.05) is 6.54 Å². The fraction of sp³-hybridized carbons (Fsp3) is 0.462. The summed E-state index contributed by atoms with van der Waals surface area (Å²) in [6.07, 6.45) is 6.10. The monoisotopic (exact) mass is 232 g/mol. The first-order valence-corrected chi connectivity index (χ1v) is 6.06. The summed E-state index contributed by atoms with van der Waals surface area (Å²) in [4.78, 5) is 0. The van der Waals surface area contributed by atoms with Crippen LogP contribution < -0.4 is 5.32 Å². The van der Waals surface area contributed by atoms with Crippen LogP contribution in [-0.2, 0) is 13.6 Å². The van der Waals surface area contributed by atoms with Crippen LogP contribution in [0.5, 0.6) is 0 Å². The second-order valence-corrected chi connectivity index (χ2v) is 4.36. The minimum absolute atomic E-state index is 0.381. The number of rotatable bonds is 5. The highest BCUT2D eigenvalue weighted by atomic mass is 15.2. The van der Waals surface area contributed by atoms with Gasteiger partial charge >= 0.3 is 0 Å². The van der Waals surface area contributed by atoms with Crippen molar-refractivity contribution in [1.29, 1.82) is 0 Å². The molecule has 2 heterocycles. The van der Waals surface area contributed by atoms with E-state index in [1.165, 1.54) is 11.3 Å². The zero-order chi connectivity index (χ0) is 12.3. The van der Waals surface area contributed by atoms with E-state index in [-0.39, 0.29) is 0 Å². The maximum Gasteiger partial charge on any atom is 0.0539 e. The van der Waals surface area contributed by atoms with Gasteiger partial charge in [-0.05, 0) is 25.6 Å². The minimum Gasteiger partial charge on any atom is -0.345 e. The fourth-order valence-corrected chi connectivity index (χ4v) is 2.13. The third-order valence-corrected chi connectivity index (χ3v) is 2.93. The van der Waals surface area contributed by atoms with E-state index < -0.39 is 0 Å². The van der Waals surface area contributed by atoms with Gasteiger partial charge in [-0.15, -0.1) is 0 Å². The minimum atomic E-state index is 0.381. The van der Waals surface area contributed by atoms with Gasteiger partial charge in [0.1, 0.15) is 0 Å². The quantitative estimate of drug-likeness (QED) is 0.855. The summed E-state index contributed by atoms with van der Waals surface area (Å²) in [5.74, 6) is 0. The van der Waals surface area contributed by atoms with Crippen molar-refractivity contribution < 1.29 is 0 Å². The summed E-state index contributed by atoms with van der Waals surface area (Å²) in [5, 5.41) is 7.63. The Morgan fingerprint density at radius 2 is 2.29 bits per heavy atom. The number of hydrogen-bond acceptors (Lipinski definition) is 2. The van der Waals surface area contributed by atoms with Gasteiger partial charge < -0.3 is 9.88 Å². The van der Waals surface area contributed by atoms with E-state index in [1.807, 2.05) is 17.9 Å². The second-order valence-electron chi connectivity index (χ2n) is 4.36. The van der Waals surface area contributed by atoms with E-state index in [4.69, 9.17) is 0 Å². The summed E-state index contributed by atoms with van der Waals surface area (Å²) in [7, 11) is 1.95. The Balaban J connectivity index is 2.13. The molecular weight excluding hydrogens is 212 g/mol. The summed E-state index contributed by atoms with van der Waals surface area (Å²) in [6, 6.07) is 4.65. The molecule has 0 radical (unpaired) electrons. The molecule has 1 atom stereocenters. The van der Waals surface area contributed by atoms with Crippen molar-refractivity contribution in [2.24, 2.45) is 7.05 Å². The molecule has 0 saturated heterocycles. The van der Waals surface area contributed by atoms with Crippen LogP contribution in [0.25, 0.3) is 0 Å². The molecule has 0 aliphatic heterocycles. The molecule has 92 valence electrons. The highest BCUT2D eigenvalue weighted by molar-refractivity contribution is 5.15. The molecule has 0 bridgehead atoms. The lowest BCUT2D eigenvalue weighted by Crippen LogP contribution is -2.20. The first kappa shape index (κ1) is 11.9. The van der Waals surface area contributed by atoms with Crippen LogP contribution >= 0.6 is 0 Å². The molecule has 4 heteroatoms. The van der Waals surface area contributed by atoms with E-state index in [0.29, 0.717) is 6.04 Å². The van der Waals surface area contributed by atoms with Crippen molar-refractivity contribution >= 4 is 0 Å². The molecule has 2 rings (SSSR count). The van der Waals surface area contributed by atoms with E-state index in [1.54, 1.807) is 0 Å². The maximum absolute atomic E-state index is 4.20. The van der Waals surface area contributed by atoms with Gasteiger partial charge in [-0.1, -0.05) is 6.92 Å². The van der Waals surface area contributed by atoms with E-state index in [0.717, 1.165) is 13.1 Å². The molecule has 2 aromatic rings. The molecule has 0 saturated carbocycles. The summed E-state index contributed by atoms with van der Waals surface area (Å²) >= 11 is 0. The molecule has 2 aromatic heterocycles. The molecule has 0 aliphatic carbocycles. The van der Waals surface area contributed by atoms with Crippen LogP contribution in [0.15, 0.2) is 30.7 Å². The van der Waals surface area contributed by atoms with Crippen LogP contribution in [0.3, 0.4) is 0 Å². The van der Waals surface area contributed by atoms with Gasteiger partial charge in [0.2, 0.25) is 0 Å². The first-order chi connectivity index (χ1) is 8.20. The topological polar surface area (TPSA) is 34.8 Å². The predicted octanol–water partition coefficient (Wildman–Crippen LogP) is 1.94. The van der Waals surface area contributed by atoms with Gasteiger partial charge in [-0.2, -0.15) is 5.10 Å². The van der Waals surface area contributed by atoms with E-state index in [2.05, 4.69) is 53.4 Å². The number of hydrogen-bond donors (Lipinski definition) is 1. The Hall–Kier alpha value is -1.55. The maximum atomic E-state index is 4.20. The zero-order valence-corrected chi connectivity index (χ0v) is 10.7. The number of nitrogens with one attached hydrogen (secondary N) is 1. The Bertz CT molecular complexity index is 469. The summed E-state index contributed by atoms with van der Waals surface area (Å²) in [5.41, 5.74) is 2.55. The lowest BCUT2D eigenvalue weighted by Gasteiger charge is -2.15. The molecule has 0 fully saturated rings. The highest BCUT2D eigenvalue weighted by Gasteiger charge is 2.09. The van der Waals surface area contributed by atoms with Gasteiger partial charge in [0.05, 0.1) is 12.7 Å². The van der Waals surface area contributed by atoms with Gasteiger partial charge in [0.15, 0.2) is 0 Å². The van der Waals surface area contributed by atoms with Gasteiger partial charge in [0.25, 0.3) is 0 Å². The van der Waals surface area contributed by atoms with Crippen molar-refractivity contribution in [3.63, 3.8) is 0 Å². The number of nitrogens with zero attached hydrogens (tertiary/aromatic N) is 3. The molecule has 1 unspecified atom stereocenters. The molecule has 4 nitrogen and oxygen atoms in total. The Morgan fingerprint density at radius 1 is 1.47 bits per heavy atom. The average molecular weight is 232 g/mol. The smallest absolute Gasteiger partial charge is 0.0539 e. The first-order valence-electron chi connectivity index (χ1n) is 6.06. The largest absolute Gasteiger partial charge is 0.345 e. The lowest BCUT2D eigenvalue weighted by molar-refractivity contribution is 0.553. The summed E-state index contributed by atoms with van der Waals surface area (Å²) in [6.45, 7) is 6.19. The number of aryl methyl sites for hydroxylation is 1. The molecule has 0 aromatic carbocycles. The Kier molecular flexibility index (Phi) is 3.64. The summed E-state index contributed by atoms with van der Waals surface area (Å²) < 4.78 is 4.11. The molecule has 0 amide bonds. The third-order valence-electron chi connectivity index (χ3n) is 2.93. The normalized spacial score (nSPS) is 12.9. The Labute approximate surface area is 102 Å². The highest BCUT2D eigenvalue weighted by Crippen LogP contribution is 2.14. The molecule has 0 aliphatic rings. The van der Waals surface area contributed by atoms with Crippen LogP contribution in [-0.4, -0.2) is 20.9 Å². The van der Waals surface area contributed by atoms with Crippen LogP contribution in [0.1, 0.15) is 31.1 Å². The molecule has 1 N–H and O–H groups in total. The second kappa shape index (κ2) is 5.19. The molecule has 17 heavy (non-hydrogen) atoms. The number of aromatic nitrogens is 3. The van der Waals surface area contributed by atoms with Gasteiger partial charge in [-0.3, -0.25) is 4.68 Å². The van der Waals surface area contributed by atoms with Gasteiger partial charge in [-0.25, -0.2) is 0 Å². The lowest BCUT2D eigenvalue weighted by atomic mass is 10.2. The third kappa shape index (κ3) is 2.77. The van der Waals surface area contributed by atoms with Gasteiger partial charge in [0, 0.05) is 36.7 Å². The van der Waals surface area contributed by atoms with Crippen LogP contribution in [0.4, 0.5) is 0 Å². The standard InChI is InChI=1S/C13H20N4/c1-4-14-11(2)13-6-5-7-17(13)10-12-8-15-16(3)9-12/h5-9,11,14H,4,10H2,1-3H3. The molecule has 0 spiro atoms. The van der Waals surface area contributed by atoms with Crippen molar-refractivity contribution in [3.8, 4) is 0 Å². The van der Waals surface area contributed by atoms with Crippen molar-refractivity contribution in [1.82, 2.24) is 19.7 Å². The Morgan fingerprint density at radius 3 is 2.94 bits per heavy atom. The predicted molar refractivity (Wildman–Crippen MR) is 68.8 cm³/mol. The SMILES string of the molecule is CCNC(C)c1cccn1Cc1cnn(C)c1.